The Bertz CT molecular complexity index is 511. The minimum Gasteiger partial charge on any atom is -0.373 e. The van der Waals surface area contributed by atoms with Crippen LogP contribution in [0.5, 0.6) is 0 Å². The van der Waals surface area contributed by atoms with Crippen molar-refractivity contribution < 1.29 is 9.53 Å². The molecule has 4 atom stereocenters. The molecule has 1 aromatic rings. The Morgan fingerprint density at radius 3 is 2.38 bits per heavy atom. The van der Waals surface area contributed by atoms with Crippen LogP contribution in [0.3, 0.4) is 0 Å². The molecule has 1 saturated heterocycles. The molecule has 0 unspecified atom stereocenters. The number of nitrogens with one attached hydrogen (secondary N) is 1. The summed E-state index contributed by atoms with van der Waals surface area (Å²) >= 11 is 0. The Kier molecular flexibility index (Phi) is 6.78. The first kappa shape index (κ1) is 18.9. The van der Waals surface area contributed by atoms with E-state index in [1.54, 1.807) is 0 Å². The molecular formula is C19H31N3O2. The SMILES string of the molecule is C[C@@H]1CN([C@H](C)CNC(=O)[C@@H](c2ccccc2)N(C)C)C[C@@H](C)O1. The standard InChI is InChI=1S/C19H31N3O2/c1-14(22-12-15(2)24-16(3)13-22)11-20-19(23)18(21(4)5)17-9-7-6-8-10-17/h6-10,14-16,18H,11-13H2,1-5H3,(H,20,23)/t14-,15-,16-,18-/m1/s1. The number of rotatable bonds is 6. The lowest BCUT2D eigenvalue weighted by Crippen LogP contribution is -2.52. The van der Waals surface area contributed by atoms with Crippen molar-refractivity contribution in [3.63, 3.8) is 0 Å². The molecule has 0 saturated carbocycles. The number of hydrogen-bond donors (Lipinski definition) is 1. The van der Waals surface area contributed by atoms with Crippen molar-refractivity contribution in [2.24, 2.45) is 0 Å². The molecule has 5 nitrogen and oxygen atoms in total. The summed E-state index contributed by atoms with van der Waals surface area (Å²) in [5.74, 6) is 0.0485. The molecule has 0 aliphatic carbocycles. The summed E-state index contributed by atoms with van der Waals surface area (Å²) in [6, 6.07) is 9.94. The van der Waals surface area contributed by atoms with Gasteiger partial charge in [-0.2, -0.15) is 0 Å². The molecule has 0 radical (unpaired) electrons. The summed E-state index contributed by atoms with van der Waals surface area (Å²) in [4.78, 5) is 17.1. The van der Waals surface area contributed by atoms with Crippen LogP contribution >= 0.6 is 0 Å². The average molecular weight is 333 g/mol. The Balaban J connectivity index is 1.93. The third-order valence-electron chi connectivity index (χ3n) is 4.52. The van der Waals surface area contributed by atoms with Crippen molar-refractivity contribution in [3.05, 3.63) is 35.9 Å². The highest BCUT2D eigenvalue weighted by molar-refractivity contribution is 5.83. The van der Waals surface area contributed by atoms with Gasteiger partial charge >= 0.3 is 0 Å². The maximum atomic E-state index is 12.7. The normalized spacial score (nSPS) is 24.6. The Hall–Kier alpha value is -1.43. The van der Waals surface area contributed by atoms with Gasteiger partial charge < -0.3 is 10.1 Å². The highest BCUT2D eigenvalue weighted by Crippen LogP contribution is 2.18. The van der Waals surface area contributed by atoms with E-state index in [0.29, 0.717) is 12.6 Å². The van der Waals surface area contributed by atoms with Gasteiger partial charge in [-0.1, -0.05) is 30.3 Å². The first-order valence-electron chi connectivity index (χ1n) is 8.77. The van der Waals surface area contributed by atoms with E-state index < -0.39 is 0 Å². The molecule has 1 N–H and O–H groups in total. The monoisotopic (exact) mass is 333 g/mol. The fraction of sp³-hybridized carbons (Fsp3) is 0.632. The van der Waals surface area contributed by atoms with Gasteiger partial charge in [0.15, 0.2) is 0 Å². The Morgan fingerprint density at radius 1 is 1.25 bits per heavy atom. The second-order valence-corrected chi connectivity index (χ2v) is 7.08. The molecule has 1 heterocycles. The molecule has 0 spiro atoms. The molecule has 2 rings (SSSR count). The van der Waals surface area contributed by atoms with Crippen LogP contribution < -0.4 is 5.32 Å². The number of hydrogen-bond acceptors (Lipinski definition) is 4. The van der Waals surface area contributed by atoms with Crippen LogP contribution in [-0.2, 0) is 9.53 Å². The fourth-order valence-corrected chi connectivity index (χ4v) is 3.37. The average Bonchev–Trinajstić information content (AvgIpc) is 2.52. The van der Waals surface area contributed by atoms with E-state index in [4.69, 9.17) is 4.74 Å². The van der Waals surface area contributed by atoms with Gasteiger partial charge in [0.05, 0.1) is 12.2 Å². The molecule has 1 aliphatic heterocycles. The lowest BCUT2D eigenvalue weighted by atomic mass is 10.1. The first-order chi connectivity index (χ1) is 11.4. The molecule has 0 aromatic heterocycles. The van der Waals surface area contributed by atoms with Crippen molar-refractivity contribution in [3.8, 4) is 0 Å². The maximum Gasteiger partial charge on any atom is 0.241 e. The van der Waals surface area contributed by atoms with Crippen molar-refractivity contribution in [2.45, 2.75) is 45.1 Å². The third kappa shape index (κ3) is 5.03. The van der Waals surface area contributed by atoms with Gasteiger partial charge in [-0.05, 0) is 40.4 Å². The van der Waals surface area contributed by atoms with Crippen LogP contribution in [-0.4, -0.2) is 67.7 Å². The van der Waals surface area contributed by atoms with E-state index in [1.807, 2.05) is 49.3 Å². The predicted octanol–water partition coefficient (Wildman–Crippen LogP) is 1.90. The van der Waals surface area contributed by atoms with Crippen molar-refractivity contribution in [2.75, 3.05) is 33.7 Å². The summed E-state index contributed by atoms with van der Waals surface area (Å²) in [5, 5.41) is 3.13. The van der Waals surface area contributed by atoms with E-state index in [2.05, 4.69) is 31.0 Å². The minimum absolute atomic E-state index is 0.0485. The van der Waals surface area contributed by atoms with Crippen LogP contribution in [0.1, 0.15) is 32.4 Å². The molecule has 1 aromatic carbocycles. The van der Waals surface area contributed by atoms with Crippen molar-refractivity contribution in [1.82, 2.24) is 15.1 Å². The first-order valence-corrected chi connectivity index (χ1v) is 8.77. The zero-order chi connectivity index (χ0) is 17.7. The highest BCUT2D eigenvalue weighted by atomic mass is 16.5. The predicted molar refractivity (Wildman–Crippen MR) is 96.9 cm³/mol. The zero-order valence-corrected chi connectivity index (χ0v) is 15.5. The number of nitrogens with zero attached hydrogens (tertiary/aromatic N) is 2. The summed E-state index contributed by atoms with van der Waals surface area (Å²) in [7, 11) is 3.87. The Morgan fingerprint density at radius 2 is 1.83 bits per heavy atom. The second-order valence-electron chi connectivity index (χ2n) is 7.08. The number of amides is 1. The summed E-state index contributed by atoms with van der Waals surface area (Å²) in [6.45, 7) is 8.85. The molecule has 134 valence electrons. The molecule has 0 bridgehead atoms. The number of ether oxygens (including phenoxy) is 1. The zero-order valence-electron chi connectivity index (χ0n) is 15.5. The van der Waals surface area contributed by atoms with Crippen LogP contribution in [0.15, 0.2) is 30.3 Å². The van der Waals surface area contributed by atoms with Gasteiger partial charge in [0.25, 0.3) is 0 Å². The van der Waals surface area contributed by atoms with E-state index in [1.165, 1.54) is 0 Å². The second kappa shape index (κ2) is 8.60. The van der Waals surface area contributed by atoms with Gasteiger partial charge in [-0.25, -0.2) is 0 Å². The van der Waals surface area contributed by atoms with Gasteiger partial charge in [0.2, 0.25) is 5.91 Å². The highest BCUT2D eigenvalue weighted by Gasteiger charge is 2.27. The van der Waals surface area contributed by atoms with Gasteiger partial charge in [-0.3, -0.25) is 14.6 Å². The smallest absolute Gasteiger partial charge is 0.241 e. The number of carbonyl (C=O) groups excluding carboxylic acids is 1. The van der Waals surface area contributed by atoms with Crippen LogP contribution in [0.25, 0.3) is 0 Å². The van der Waals surface area contributed by atoms with E-state index in [9.17, 15) is 4.79 Å². The lowest BCUT2D eigenvalue weighted by Gasteiger charge is -2.39. The summed E-state index contributed by atoms with van der Waals surface area (Å²) in [6.07, 6.45) is 0.483. The molecule has 24 heavy (non-hydrogen) atoms. The van der Waals surface area contributed by atoms with Crippen LogP contribution in [0, 0.1) is 0 Å². The molecule has 5 heteroatoms. The number of likely N-dealkylation sites (N-methyl/N-ethyl adjacent to an activating group) is 1. The topological polar surface area (TPSA) is 44.8 Å². The van der Waals surface area contributed by atoms with Gasteiger partial charge in [0.1, 0.15) is 6.04 Å². The van der Waals surface area contributed by atoms with Gasteiger partial charge in [-0.15, -0.1) is 0 Å². The van der Waals surface area contributed by atoms with Crippen LogP contribution in [0.4, 0.5) is 0 Å². The lowest BCUT2D eigenvalue weighted by molar-refractivity contribution is -0.126. The quantitative estimate of drug-likeness (QED) is 0.864. The summed E-state index contributed by atoms with van der Waals surface area (Å²) < 4.78 is 5.78. The third-order valence-corrected chi connectivity index (χ3v) is 4.52. The van der Waals surface area contributed by atoms with Crippen molar-refractivity contribution in [1.29, 1.82) is 0 Å². The Labute approximate surface area is 146 Å². The van der Waals surface area contributed by atoms with E-state index >= 15 is 0 Å². The molecule has 1 fully saturated rings. The number of carbonyl (C=O) groups is 1. The fourth-order valence-electron chi connectivity index (χ4n) is 3.37. The summed E-state index contributed by atoms with van der Waals surface area (Å²) in [5.41, 5.74) is 1.02. The maximum absolute atomic E-state index is 12.7. The molecule has 1 aliphatic rings. The van der Waals surface area contributed by atoms with Gasteiger partial charge in [0, 0.05) is 25.7 Å². The van der Waals surface area contributed by atoms with Crippen molar-refractivity contribution >= 4 is 5.91 Å². The molecular weight excluding hydrogens is 302 g/mol. The van der Waals surface area contributed by atoms with E-state index in [0.717, 1.165) is 18.7 Å². The largest absolute Gasteiger partial charge is 0.373 e. The van der Waals surface area contributed by atoms with E-state index in [-0.39, 0.29) is 24.2 Å². The molecule has 1 amide bonds. The van der Waals surface area contributed by atoms with Crippen LogP contribution in [0.2, 0.25) is 0 Å². The minimum atomic E-state index is -0.263. The number of benzene rings is 1. The number of morpholine rings is 1.